The third-order valence-electron chi connectivity index (χ3n) is 4.64. The number of anilines is 1. The first-order valence-corrected chi connectivity index (χ1v) is 9.25. The number of aromatic nitrogens is 2. The average molecular weight is 389 g/mol. The van der Waals surface area contributed by atoms with Crippen LogP contribution in [0.4, 0.5) is 5.69 Å². The van der Waals surface area contributed by atoms with Gasteiger partial charge in [-0.05, 0) is 36.4 Å². The van der Waals surface area contributed by atoms with Crippen LogP contribution in [0.3, 0.4) is 0 Å². The summed E-state index contributed by atoms with van der Waals surface area (Å²) in [6.45, 7) is 4.24. The zero-order valence-electron chi connectivity index (χ0n) is 14.1. The lowest BCUT2D eigenvalue weighted by Gasteiger charge is -2.35. The van der Waals surface area contributed by atoms with Gasteiger partial charge >= 0.3 is 0 Å². The Labute approximate surface area is 161 Å². The maximum absolute atomic E-state index is 12.3. The van der Waals surface area contributed by atoms with Gasteiger partial charge in [0.2, 0.25) is 0 Å². The zero-order chi connectivity index (χ0) is 18.1. The van der Waals surface area contributed by atoms with Gasteiger partial charge < -0.3 is 9.88 Å². The Morgan fingerprint density at radius 2 is 1.77 bits per heavy atom. The SMILES string of the molecule is O=c1[nH]c(CN2CCN(c3cccc(Cl)c3)CC2)nc2ccc(Cl)cc12. The summed E-state index contributed by atoms with van der Waals surface area (Å²) in [5, 5.41) is 1.81. The average Bonchev–Trinajstić information content (AvgIpc) is 2.63. The Hall–Kier alpha value is -2.08. The third-order valence-corrected chi connectivity index (χ3v) is 5.11. The number of hydrogen-bond donors (Lipinski definition) is 1. The molecular formula is C19H18Cl2N4O. The first-order chi connectivity index (χ1) is 12.6. The molecule has 1 aromatic heterocycles. The van der Waals surface area contributed by atoms with Crippen LogP contribution >= 0.6 is 23.2 Å². The van der Waals surface area contributed by atoms with Crippen molar-refractivity contribution in [1.29, 1.82) is 0 Å². The summed E-state index contributed by atoms with van der Waals surface area (Å²) >= 11 is 12.0. The monoisotopic (exact) mass is 388 g/mol. The van der Waals surface area contributed by atoms with Crippen molar-refractivity contribution in [2.24, 2.45) is 0 Å². The molecule has 0 bridgehead atoms. The number of fused-ring (bicyclic) bond motifs is 1. The number of aromatic amines is 1. The van der Waals surface area contributed by atoms with Gasteiger partial charge in [0.25, 0.3) is 5.56 Å². The van der Waals surface area contributed by atoms with E-state index in [-0.39, 0.29) is 5.56 Å². The Bertz CT molecular complexity index is 996. The Morgan fingerprint density at radius 3 is 2.54 bits per heavy atom. The molecule has 4 rings (SSSR count). The van der Waals surface area contributed by atoms with Crippen molar-refractivity contribution in [2.75, 3.05) is 31.1 Å². The molecule has 0 saturated carbocycles. The maximum atomic E-state index is 12.3. The van der Waals surface area contributed by atoms with Crippen LogP contribution in [0.5, 0.6) is 0 Å². The second kappa shape index (κ2) is 7.27. The predicted octanol–water partition coefficient (Wildman–Crippen LogP) is 3.55. The van der Waals surface area contributed by atoms with Crippen molar-refractivity contribution in [1.82, 2.24) is 14.9 Å². The van der Waals surface area contributed by atoms with Crippen LogP contribution in [0.2, 0.25) is 10.0 Å². The lowest BCUT2D eigenvalue weighted by Crippen LogP contribution is -2.46. The molecule has 1 aliphatic rings. The van der Waals surface area contributed by atoms with Crippen LogP contribution in [-0.2, 0) is 6.54 Å². The van der Waals surface area contributed by atoms with Gasteiger partial charge in [-0.3, -0.25) is 9.69 Å². The van der Waals surface area contributed by atoms with Crippen molar-refractivity contribution in [3.05, 3.63) is 68.7 Å². The van der Waals surface area contributed by atoms with Gasteiger partial charge in [-0.25, -0.2) is 4.98 Å². The molecule has 7 heteroatoms. The minimum absolute atomic E-state index is 0.148. The first-order valence-electron chi connectivity index (χ1n) is 8.50. The van der Waals surface area contributed by atoms with E-state index in [0.717, 1.165) is 36.9 Å². The van der Waals surface area contributed by atoms with Gasteiger partial charge in [-0.15, -0.1) is 0 Å². The van der Waals surface area contributed by atoms with Gasteiger partial charge in [0.15, 0.2) is 0 Å². The van der Waals surface area contributed by atoms with Crippen LogP contribution in [0.15, 0.2) is 47.3 Å². The summed E-state index contributed by atoms with van der Waals surface area (Å²) < 4.78 is 0. The fraction of sp³-hybridized carbons (Fsp3) is 0.263. The highest BCUT2D eigenvalue weighted by molar-refractivity contribution is 6.31. The summed E-state index contributed by atoms with van der Waals surface area (Å²) in [5.41, 5.74) is 1.67. The number of rotatable bonds is 3. The normalized spacial score (nSPS) is 15.5. The second-order valence-corrected chi connectivity index (χ2v) is 7.29. The van der Waals surface area contributed by atoms with Crippen LogP contribution in [0, 0.1) is 0 Å². The van der Waals surface area contributed by atoms with E-state index in [1.54, 1.807) is 18.2 Å². The molecule has 0 atom stereocenters. The van der Waals surface area contributed by atoms with Crippen LogP contribution < -0.4 is 10.5 Å². The summed E-state index contributed by atoms with van der Waals surface area (Å²) in [7, 11) is 0. The Kier molecular flexibility index (Phi) is 4.85. The fourth-order valence-electron chi connectivity index (χ4n) is 3.28. The lowest BCUT2D eigenvalue weighted by atomic mass is 10.2. The molecule has 1 N–H and O–H groups in total. The van der Waals surface area contributed by atoms with E-state index in [4.69, 9.17) is 23.2 Å². The first kappa shape index (κ1) is 17.3. The summed E-state index contributed by atoms with van der Waals surface area (Å²) in [5.74, 6) is 0.682. The molecule has 1 saturated heterocycles. The minimum Gasteiger partial charge on any atom is -0.369 e. The third kappa shape index (κ3) is 3.70. The standard InChI is InChI=1S/C19H18Cl2N4O/c20-13-2-1-3-15(10-13)25-8-6-24(7-9-25)12-18-22-17-5-4-14(21)11-16(17)19(26)23-18/h1-5,10-11H,6-9,12H2,(H,22,23,26). The number of H-pyrrole nitrogens is 1. The smallest absolute Gasteiger partial charge is 0.258 e. The predicted molar refractivity (Wildman–Crippen MR) is 106 cm³/mol. The summed E-state index contributed by atoms with van der Waals surface area (Å²) in [4.78, 5) is 24.3. The van der Waals surface area contributed by atoms with Crippen molar-refractivity contribution < 1.29 is 0 Å². The molecule has 0 spiro atoms. The quantitative estimate of drug-likeness (QED) is 0.745. The highest BCUT2D eigenvalue weighted by Crippen LogP contribution is 2.21. The highest BCUT2D eigenvalue weighted by atomic mass is 35.5. The van der Waals surface area contributed by atoms with E-state index < -0.39 is 0 Å². The van der Waals surface area contributed by atoms with Gasteiger partial charge in [0, 0.05) is 41.9 Å². The van der Waals surface area contributed by atoms with Gasteiger partial charge in [0.1, 0.15) is 5.82 Å². The zero-order valence-corrected chi connectivity index (χ0v) is 15.6. The summed E-state index contributed by atoms with van der Waals surface area (Å²) in [6, 6.07) is 13.1. The highest BCUT2D eigenvalue weighted by Gasteiger charge is 2.18. The van der Waals surface area contributed by atoms with E-state index in [2.05, 4.69) is 25.8 Å². The molecule has 5 nitrogen and oxygen atoms in total. The lowest BCUT2D eigenvalue weighted by molar-refractivity contribution is 0.244. The molecular weight excluding hydrogens is 371 g/mol. The molecule has 0 unspecified atom stereocenters. The van der Waals surface area contributed by atoms with Crippen molar-refractivity contribution >= 4 is 39.8 Å². The van der Waals surface area contributed by atoms with E-state index in [1.807, 2.05) is 18.2 Å². The second-order valence-electron chi connectivity index (χ2n) is 6.42. The van der Waals surface area contributed by atoms with Crippen molar-refractivity contribution in [3.63, 3.8) is 0 Å². The molecule has 2 heterocycles. The number of halogens is 2. The topological polar surface area (TPSA) is 52.2 Å². The van der Waals surface area contributed by atoms with Crippen LogP contribution in [0.25, 0.3) is 10.9 Å². The molecule has 1 fully saturated rings. The molecule has 0 amide bonds. The molecule has 2 aromatic carbocycles. The maximum Gasteiger partial charge on any atom is 0.258 e. The van der Waals surface area contributed by atoms with E-state index >= 15 is 0 Å². The molecule has 134 valence electrons. The van der Waals surface area contributed by atoms with Crippen LogP contribution in [-0.4, -0.2) is 41.0 Å². The van der Waals surface area contributed by atoms with Crippen molar-refractivity contribution in [3.8, 4) is 0 Å². The molecule has 26 heavy (non-hydrogen) atoms. The van der Waals surface area contributed by atoms with Gasteiger partial charge in [-0.2, -0.15) is 0 Å². The summed E-state index contributed by atoms with van der Waals surface area (Å²) in [6.07, 6.45) is 0. The number of nitrogens with one attached hydrogen (secondary N) is 1. The number of benzene rings is 2. The molecule has 1 aliphatic heterocycles. The number of piperazine rings is 1. The molecule has 0 radical (unpaired) electrons. The van der Waals surface area contributed by atoms with Gasteiger partial charge in [-0.1, -0.05) is 29.3 Å². The fourth-order valence-corrected chi connectivity index (χ4v) is 3.64. The van der Waals surface area contributed by atoms with Crippen LogP contribution in [0.1, 0.15) is 5.82 Å². The number of hydrogen-bond acceptors (Lipinski definition) is 4. The van der Waals surface area contributed by atoms with E-state index in [0.29, 0.717) is 28.3 Å². The Balaban J connectivity index is 1.45. The minimum atomic E-state index is -0.148. The van der Waals surface area contributed by atoms with E-state index in [9.17, 15) is 4.79 Å². The molecule has 0 aliphatic carbocycles. The number of nitrogens with zero attached hydrogens (tertiary/aromatic N) is 3. The van der Waals surface area contributed by atoms with Crippen molar-refractivity contribution in [2.45, 2.75) is 6.54 Å². The molecule has 3 aromatic rings. The van der Waals surface area contributed by atoms with E-state index in [1.165, 1.54) is 0 Å². The largest absolute Gasteiger partial charge is 0.369 e. The van der Waals surface area contributed by atoms with Gasteiger partial charge in [0.05, 0.1) is 17.4 Å². The Morgan fingerprint density at radius 1 is 1.00 bits per heavy atom.